The summed E-state index contributed by atoms with van der Waals surface area (Å²) in [6.07, 6.45) is 5.70. The molecule has 10 nitrogen and oxygen atoms in total. The zero-order valence-corrected chi connectivity index (χ0v) is 23.1. The van der Waals surface area contributed by atoms with Crippen molar-refractivity contribution < 1.29 is 19.2 Å². The predicted molar refractivity (Wildman–Crippen MR) is 153 cm³/mol. The zero-order chi connectivity index (χ0) is 28.3. The van der Waals surface area contributed by atoms with E-state index in [1.54, 1.807) is 9.80 Å². The van der Waals surface area contributed by atoms with Crippen LogP contribution in [-0.4, -0.2) is 86.7 Å². The van der Waals surface area contributed by atoms with Gasteiger partial charge in [-0.1, -0.05) is 30.3 Å². The largest absolute Gasteiger partial charge is 0.364 e. The Morgan fingerprint density at radius 2 is 1.62 bits per heavy atom. The van der Waals surface area contributed by atoms with Crippen LogP contribution in [0.3, 0.4) is 0 Å². The van der Waals surface area contributed by atoms with Gasteiger partial charge in [0, 0.05) is 42.3 Å². The molecule has 42 heavy (non-hydrogen) atoms. The van der Waals surface area contributed by atoms with E-state index in [-0.39, 0.29) is 41.9 Å². The van der Waals surface area contributed by atoms with Crippen molar-refractivity contribution in [3.8, 4) is 0 Å². The molecule has 0 spiro atoms. The van der Waals surface area contributed by atoms with Crippen molar-refractivity contribution >= 4 is 40.2 Å². The van der Waals surface area contributed by atoms with E-state index in [4.69, 9.17) is 0 Å². The molecule has 7 heterocycles. The summed E-state index contributed by atoms with van der Waals surface area (Å²) in [5.74, 6) is 0.0507. The third-order valence-corrected chi connectivity index (χ3v) is 10.8. The zero-order valence-electron chi connectivity index (χ0n) is 23.1. The molecule has 0 radical (unpaired) electrons. The van der Waals surface area contributed by atoms with Gasteiger partial charge < -0.3 is 30.3 Å². The number of carbonyl (C=O) groups is 4. The van der Waals surface area contributed by atoms with Gasteiger partial charge in [-0.2, -0.15) is 0 Å². The number of nitrogens with zero attached hydrogens (tertiary/aromatic N) is 3. The molecular formula is C32H32N6O4. The van der Waals surface area contributed by atoms with Crippen LogP contribution < -0.4 is 10.6 Å². The van der Waals surface area contributed by atoms with Gasteiger partial charge in [0.2, 0.25) is 23.6 Å². The lowest BCUT2D eigenvalue weighted by Gasteiger charge is -2.41. The van der Waals surface area contributed by atoms with Crippen LogP contribution in [-0.2, 0) is 31.0 Å². The van der Waals surface area contributed by atoms with Gasteiger partial charge in [0.1, 0.15) is 30.3 Å². The van der Waals surface area contributed by atoms with Crippen LogP contribution >= 0.6 is 0 Å². The van der Waals surface area contributed by atoms with Crippen LogP contribution in [0.4, 0.5) is 5.69 Å². The fourth-order valence-corrected chi connectivity index (χ4v) is 8.92. The number of aromatic amines is 1. The van der Waals surface area contributed by atoms with Gasteiger partial charge >= 0.3 is 0 Å². The standard InChI is InChI=1S/C32H32N6O4/c39-27-24-7-3-11-36(24)28(40)23(34-27)13-17-16-33-22-14-18(9-10-19(17)22)32-15-26-29(41)37-12-4-8-25(37)30(42)38(26)31(32)35-21-6-2-1-5-20(21)32/h1-2,5-6,9-10,14,16,23-26,31,33,35H,3-4,7-8,11-13,15H2,(H,34,39)/t23-,24-,25+,26+,31+,32-/m1/s1. The number of hydrogen-bond acceptors (Lipinski definition) is 5. The Labute approximate surface area is 242 Å². The number of benzene rings is 2. The number of fused-ring (bicyclic) bond motifs is 8. The third-order valence-electron chi connectivity index (χ3n) is 10.8. The molecule has 5 saturated heterocycles. The maximum absolute atomic E-state index is 13.8. The van der Waals surface area contributed by atoms with Crippen LogP contribution in [0.1, 0.15) is 48.8 Å². The first-order valence-electron chi connectivity index (χ1n) is 15.2. The smallest absolute Gasteiger partial charge is 0.247 e. The number of H-pyrrole nitrogens is 1. The van der Waals surface area contributed by atoms with Crippen molar-refractivity contribution in [2.24, 2.45) is 0 Å². The highest BCUT2D eigenvalue weighted by atomic mass is 16.2. The number of carbonyl (C=O) groups excluding carboxylic acids is 4. The molecule has 6 aliphatic heterocycles. The second kappa shape index (κ2) is 8.36. The summed E-state index contributed by atoms with van der Waals surface area (Å²) < 4.78 is 0. The lowest BCUT2D eigenvalue weighted by Crippen LogP contribution is -2.63. The summed E-state index contributed by atoms with van der Waals surface area (Å²) in [5.41, 5.74) is 4.46. The quantitative estimate of drug-likeness (QED) is 0.449. The van der Waals surface area contributed by atoms with Crippen molar-refractivity contribution in [1.29, 1.82) is 0 Å². The molecule has 0 saturated carbocycles. The Morgan fingerprint density at radius 1 is 0.833 bits per heavy atom. The number of anilines is 1. The number of nitrogens with one attached hydrogen (secondary N) is 3. The first-order valence-corrected chi connectivity index (χ1v) is 15.2. The second-order valence-corrected chi connectivity index (χ2v) is 12.7. The molecular weight excluding hydrogens is 532 g/mol. The van der Waals surface area contributed by atoms with Crippen molar-refractivity contribution in [3.63, 3.8) is 0 Å². The van der Waals surface area contributed by atoms with Gasteiger partial charge in [-0.05, 0) is 60.9 Å². The number of piperazine rings is 2. The fourth-order valence-electron chi connectivity index (χ4n) is 8.92. The van der Waals surface area contributed by atoms with E-state index in [9.17, 15) is 19.2 Å². The number of aromatic nitrogens is 1. The Bertz CT molecular complexity index is 1720. The molecule has 0 unspecified atom stereocenters. The molecule has 9 rings (SSSR count). The van der Waals surface area contributed by atoms with Crippen molar-refractivity contribution in [1.82, 2.24) is 25.0 Å². The minimum absolute atomic E-state index is 0.00381. The Kier molecular flexibility index (Phi) is 4.83. The first-order chi connectivity index (χ1) is 20.5. The average molecular weight is 565 g/mol. The van der Waals surface area contributed by atoms with Crippen LogP contribution in [0.5, 0.6) is 0 Å². The Morgan fingerprint density at radius 3 is 2.48 bits per heavy atom. The minimum atomic E-state index is -0.579. The van der Waals surface area contributed by atoms with Crippen molar-refractivity contribution in [2.45, 2.75) is 74.3 Å². The highest BCUT2D eigenvalue weighted by Gasteiger charge is 2.65. The second-order valence-electron chi connectivity index (χ2n) is 12.7. The highest BCUT2D eigenvalue weighted by molar-refractivity contribution is 6.00. The van der Waals surface area contributed by atoms with Crippen LogP contribution in [0.15, 0.2) is 48.7 Å². The van der Waals surface area contributed by atoms with E-state index in [1.807, 2.05) is 29.3 Å². The van der Waals surface area contributed by atoms with E-state index >= 15 is 0 Å². The lowest BCUT2D eigenvalue weighted by molar-refractivity contribution is -0.158. The molecule has 0 aliphatic carbocycles. The van der Waals surface area contributed by atoms with Gasteiger partial charge in [-0.3, -0.25) is 19.2 Å². The molecule has 4 amide bonds. The first kappa shape index (κ1) is 24.3. The van der Waals surface area contributed by atoms with Gasteiger partial charge in [0.05, 0.1) is 5.41 Å². The summed E-state index contributed by atoms with van der Waals surface area (Å²) in [6.45, 7) is 1.30. The molecule has 2 aromatic carbocycles. The van der Waals surface area contributed by atoms with Crippen molar-refractivity contribution in [2.75, 3.05) is 18.4 Å². The minimum Gasteiger partial charge on any atom is -0.364 e. The lowest BCUT2D eigenvalue weighted by atomic mass is 9.72. The van der Waals surface area contributed by atoms with Crippen LogP contribution in [0.2, 0.25) is 0 Å². The number of rotatable bonds is 3. The van der Waals surface area contributed by atoms with Gasteiger partial charge in [-0.15, -0.1) is 0 Å². The monoisotopic (exact) mass is 564 g/mol. The average Bonchev–Trinajstić information content (AvgIpc) is 3.82. The Balaban J connectivity index is 1.10. The van der Waals surface area contributed by atoms with E-state index in [2.05, 4.69) is 39.9 Å². The third kappa shape index (κ3) is 2.99. The Hall–Kier alpha value is -4.34. The summed E-state index contributed by atoms with van der Waals surface area (Å²) in [4.78, 5) is 62.2. The van der Waals surface area contributed by atoms with E-state index < -0.39 is 17.5 Å². The molecule has 3 aromatic rings. The molecule has 1 aromatic heterocycles. The molecule has 214 valence electrons. The topological polar surface area (TPSA) is 118 Å². The summed E-state index contributed by atoms with van der Waals surface area (Å²) in [7, 11) is 0. The molecule has 6 aliphatic rings. The maximum Gasteiger partial charge on any atom is 0.247 e. The molecule has 10 heteroatoms. The molecule has 0 bridgehead atoms. The van der Waals surface area contributed by atoms with Crippen LogP contribution in [0.25, 0.3) is 10.9 Å². The fraction of sp³-hybridized carbons (Fsp3) is 0.438. The molecule has 6 atom stereocenters. The van der Waals surface area contributed by atoms with E-state index in [0.29, 0.717) is 25.9 Å². The van der Waals surface area contributed by atoms with Crippen molar-refractivity contribution in [3.05, 3.63) is 65.4 Å². The number of hydrogen-bond donors (Lipinski definition) is 3. The van der Waals surface area contributed by atoms with Gasteiger partial charge in [0.15, 0.2) is 0 Å². The van der Waals surface area contributed by atoms with E-state index in [0.717, 1.165) is 59.0 Å². The predicted octanol–water partition coefficient (Wildman–Crippen LogP) is 1.84. The highest BCUT2D eigenvalue weighted by Crippen LogP contribution is 2.56. The normalized spacial score (nSPS) is 33.0. The summed E-state index contributed by atoms with van der Waals surface area (Å²) in [5, 5.41) is 7.61. The van der Waals surface area contributed by atoms with E-state index in [1.165, 1.54) is 0 Å². The molecule has 5 fully saturated rings. The SMILES string of the molecule is O=C1N[C@H](Cc2c[nH]c3cc([C@@]45C[C@H]6C(=O)N7CCC[C@H]7C(=O)N6[C@@H]4Nc4ccccc45)ccc23)C(=O)N2CCC[C@H]12. The van der Waals surface area contributed by atoms with Crippen LogP contribution in [0, 0.1) is 0 Å². The molecule has 3 N–H and O–H groups in total. The maximum atomic E-state index is 13.8. The number of para-hydroxylation sites is 1. The summed E-state index contributed by atoms with van der Waals surface area (Å²) in [6, 6.07) is 12.8. The van der Waals surface area contributed by atoms with Gasteiger partial charge in [0.25, 0.3) is 0 Å². The van der Waals surface area contributed by atoms with Gasteiger partial charge in [-0.25, -0.2) is 0 Å². The summed E-state index contributed by atoms with van der Waals surface area (Å²) >= 11 is 0. The number of amides is 4.